The van der Waals surface area contributed by atoms with Crippen molar-refractivity contribution < 1.29 is 18.8 Å². The Morgan fingerprint density at radius 1 is 1.41 bits per heavy atom. The summed E-state index contributed by atoms with van der Waals surface area (Å²) >= 11 is 0. The first-order chi connectivity index (χ1) is 10.5. The summed E-state index contributed by atoms with van der Waals surface area (Å²) in [6.07, 6.45) is 3.27. The van der Waals surface area contributed by atoms with Gasteiger partial charge in [-0.05, 0) is 37.3 Å². The Bertz CT molecular complexity index is 556. The first kappa shape index (κ1) is 16.4. The number of rotatable bonds is 5. The normalized spacial score (nSPS) is 21.4. The number of ether oxygens (including phenoxy) is 1. The second-order valence-corrected chi connectivity index (χ2v) is 5.50. The van der Waals surface area contributed by atoms with Crippen LogP contribution in [0.5, 0.6) is 0 Å². The van der Waals surface area contributed by atoms with Crippen molar-refractivity contribution in [3.8, 4) is 0 Å². The van der Waals surface area contributed by atoms with E-state index in [0.717, 1.165) is 25.7 Å². The topological polar surface area (TPSA) is 81.5 Å². The van der Waals surface area contributed by atoms with Crippen LogP contribution < -0.4 is 5.32 Å². The molecule has 1 saturated carbocycles. The van der Waals surface area contributed by atoms with Gasteiger partial charge in [0, 0.05) is 18.7 Å². The van der Waals surface area contributed by atoms with Gasteiger partial charge in [-0.1, -0.05) is 6.07 Å². The van der Waals surface area contributed by atoms with Crippen molar-refractivity contribution in [1.29, 1.82) is 0 Å². The average Bonchev–Trinajstić information content (AvgIpc) is 2.52. The maximum Gasteiger partial charge on any atom is 0.308 e. The highest BCUT2D eigenvalue weighted by molar-refractivity contribution is 5.72. The number of nitro groups is 1. The molecule has 0 radical (unpaired) electrons. The predicted molar refractivity (Wildman–Crippen MR) is 77.7 cm³/mol. The highest BCUT2D eigenvalue weighted by Gasteiger charge is 2.26. The van der Waals surface area contributed by atoms with Crippen molar-refractivity contribution in [3.63, 3.8) is 0 Å². The van der Waals surface area contributed by atoms with Gasteiger partial charge >= 0.3 is 11.7 Å². The van der Waals surface area contributed by atoms with Crippen LogP contribution in [0.4, 0.5) is 10.1 Å². The number of nitrogens with one attached hydrogen (secondary N) is 1. The second kappa shape index (κ2) is 7.31. The molecule has 0 atom stereocenters. The van der Waals surface area contributed by atoms with Crippen LogP contribution in [0.1, 0.15) is 31.2 Å². The van der Waals surface area contributed by atoms with Gasteiger partial charge < -0.3 is 10.1 Å². The Hall–Kier alpha value is -2.02. The summed E-state index contributed by atoms with van der Waals surface area (Å²) in [6.45, 7) is 0.447. The largest absolute Gasteiger partial charge is 0.469 e. The number of esters is 1. The van der Waals surface area contributed by atoms with E-state index in [0.29, 0.717) is 12.1 Å². The van der Waals surface area contributed by atoms with E-state index in [4.69, 9.17) is 4.74 Å². The summed E-state index contributed by atoms with van der Waals surface area (Å²) in [5, 5.41) is 13.9. The van der Waals surface area contributed by atoms with Gasteiger partial charge in [0.05, 0.1) is 18.0 Å². The third kappa shape index (κ3) is 4.00. The third-order valence-electron chi connectivity index (χ3n) is 4.07. The first-order valence-electron chi connectivity index (χ1n) is 7.25. The molecule has 0 saturated heterocycles. The Morgan fingerprint density at radius 2 is 2.09 bits per heavy atom. The van der Waals surface area contributed by atoms with Gasteiger partial charge in [0.15, 0.2) is 0 Å². The summed E-state index contributed by atoms with van der Waals surface area (Å²) in [4.78, 5) is 21.3. The van der Waals surface area contributed by atoms with Gasteiger partial charge in [0.2, 0.25) is 5.82 Å². The van der Waals surface area contributed by atoms with Crippen molar-refractivity contribution in [1.82, 2.24) is 5.32 Å². The third-order valence-corrected chi connectivity index (χ3v) is 4.07. The molecule has 0 bridgehead atoms. The number of benzene rings is 1. The summed E-state index contributed by atoms with van der Waals surface area (Å²) < 4.78 is 18.3. The lowest BCUT2D eigenvalue weighted by Crippen LogP contribution is -2.34. The summed E-state index contributed by atoms with van der Waals surface area (Å²) in [7, 11) is 1.40. The molecule has 0 heterocycles. The number of nitro benzene ring substituents is 1. The lowest BCUT2D eigenvalue weighted by Gasteiger charge is -2.27. The van der Waals surface area contributed by atoms with Crippen LogP contribution >= 0.6 is 0 Å². The van der Waals surface area contributed by atoms with E-state index in [9.17, 15) is 19.3 Å². The lowest BCUT2D eigenvalue weighted by molar-refractivity contribution is -0.387. The van der Waals surface area contributed by atoms with E-state index in [1.54, 1.807) is 6.07 Å². The van der Waals surface area contributed by atoms with Crippen LogP contribution in [0.25, 0.3) is 0 Å². The number of methoxy groups -OCH3 is 1. The van der Waals surface area contributed by atoms with E-state index in [1.165, 1.54) is 19.2 Å². The van der Waals surface area contributed by atoms with Crippen LogP contribution in [-0.4, -0.2) is 24.0 Å². The van der Waals surface area contributed by atoms with Crippen molar-refractivity contribution >= 4 is 11.7 Å². The maximum atomic E-state index is 13.5. The molecule has 0 amide bonds. The molecule has 1 aromatic carbocycles. The monoisotopic (exact) mass is 310 g/mol. The van der Waals surface area contributed by atoms with E-state index in [1.807, 2.05) is 0 Å². The first-order valence-corrected chi connectivity index (χ1v) is 7.25. The van der Waals surface area contributed by atoms with Gasteiger partial charge in [-0.2, -0.15) is 4.39 Å². The van der Waals surface area contributed by atoms with Crippen LogP contribution in [0.15, 0.2) is 18.2 Å². The fraction of sp³-hybridized carbons (Fsp3) is 0.533. The number of carbonyl (C=O) groups excluding carboxylic acids is 1. The van der Waals surface area contributed by atoms with Gasteiger partial charge in [-0.25, -0.2) is 0 Å². The molecule has 1 fully saturated rings. The standard InChI is InChI=1S/C15H19FN2O4/c1-22-15(19)11-3-5-12(6-4-11)17-9-10-2-7-14(18(20)21)13(16)8-10/h2,7-8,11-12,17H,3-6,9H2,1H3/t11-,12+. The molecule has 1 aromatic rings. The van der Waals surface area contributed by atoms with Crippen molar-refractivity contribution in [2.45, 2.75) is 38.3 Å². The fourth-order valence-corrected chi connectivity index (χ4v) is 2.77. The number of hydrogen-bond donors (Lipinski definition) is 1. The van der Waals surface area contributed by atoms with Crippen molar-refractivity contribution in [2.75, 3.05) is 7.11 Å². The predicted octanol–water partition coefficient (Wildman–Crippen LogP) is 2.56. The Labute approximate surface area is 127 Å². The van der Waals surface area contributed by atoms with Gasteiger partial charge in [-0.3, -0.25) is 14.9 Å². The molecular weight excluding hydrogens is 291 g/mol. The summed E-state index contributed by atoms with van der Waals surface area (Å²) in [6, 6.07) is 4.18. The van der Waals surface area contributed by atoms with Crippen molar-refractivity contribution in [3.05, 3.63) is 39.7 Å². The molecule has 7 heteroatoms. The van der Waals surface area contributed by atoms with Crippen LogP contribution in [0.3, 0.4) is 0 Å². The zero-order valence-electron chi connectivity index (χ0n) is 12.4. The maximum absolute atomic E-state index is 13.5. The highest BCUT2D eigenvalue weighted by atomic mass is 19.1. The van der Waals surface area contributed by atoms with E-state index >= 15 is 0 Å². The molecule has 2 rings (SSSR count). The molecule has 0 spiro atoms. The molecule has 22 heavy (non-hydrogen) atoms. The molecular formula is C15H19FN2O4. The Kier molecular flexibility index (Phi) is 5.43. The zero-order valence-corrected chi connectivity index (χ0v) is 12.4. The van der Waals surface area contributed by atoms with E-state index in [-0.39, 0.29) is 17.9 Å². The molecule has 0 aromatic heterocycles. The van der Waals surface area contributed by atoms with Gasteiger partial charge in [0.25, 0.3) is 0 Å². The number of nitrogens with zero attached hydrogens (tertiary/aromatic N) is 1. The summed E-state index contributed by atoms with van der Waals surface area (Å²) in [5.41, 5.74) is 0.153. The van der Waals surface area contributed by atoms with Crippen LogP contribution in [0, 0.1) is 21.8 Å². The molecule has 1 aliphatic rings. The molecule has 1 N–H and O–H groups in total. The molecule has 0 aliphatic heterocycles. The fourth-order valence-electron chi connectivity index (χ4n) is 2.77. The number of hydrogen-bond acceptors (Lipinski definition) is 5. The summed E-state index contributed by atoms with van der Waals surface area (Å²) in [5.74, 6) is -1.01. The van der Waals surface area contributed by atoms with Gasteiger partial charge in [-0.15, -0.1) is 0 Å². The van der Waals surface area contributed by atoms with Crippen LogP contribution in [0.2, 0.25) is 0 Å². The number of halogens is 1. The minimum absolute atomic E-state index is 0.0279. The van der Waals surface area contributed by atoms with E-state index < -0.39 is 16.4 Å². The van der Waals surface area contributed by atoms with E-state index in [2.05, 4.69) is 5.32 Å². The van der Waals surface area contributed by atoms with Gasteiger partial charge in [0.1, 0.15) is 0 Å². The Balaban J connectivity index is 1.83. The second-order valence-electron chi connectivity index (χ2n) is 5.50. The Morgan fingerprint density at radius 3 is 2.64 bits per heavy atom. The lowest BCUT2D eigenvalue weighted by atomic mass is 9.86. The average molecular weight is 310 g/mol. The SMILES string of the molecule is COC(=O)[C@H]1CC[C@@H](NCc2ccc([N+](=O)[O-])c(F)c2)CC1. The van der Waals surface area contributed by atoms with Crippen molar-refractivity contribution in [2.24, 2.45) is 5.92 Å². The molecule has 0 unspecified atom stereocenters. The smallest absolute Gasteiger partial charge is 0.308 e. The molecule has 120 valence electrons. The zero-order chi connectivity index (χ0) is 16.1. The highest BCUT2D eigenvalue weighted by Crippen LogP contribution is 2.25. The quantitative estimate of drug-likeness (QED) is 0.513. The van der Waals surface area contributed by atoms with Crippen LogP contribution in [-0.2, 0) is 16.1 Å². The minimum Gasteiger partial charge on any atom is -0.469 e. The number of carbonyl (C=O) groups is 1. The minimum atomic E-state index is -0.821. The molecule has 1 aliphatic carbocycles. The molecule has 6 nitrogen and oxygen atoms in total.